The predicted octanol–water partition coefficient (Wildman–Crippen LogP) is 4.70. The van der Waals surface area contributed by atoms with E-state index in [2.05, 4.69) is 45.1 Å². The van der Waals surface area contributed by atoms with Crippen LogP contribution in [0.5, 0.6) is 0 Å². The van der Waals surface area contributed by atoms with Gasteiger partial charge in [0.25, 0.3) is 0 Å². The van der Waals surface area contributed by atoms with Crippen molar-refractivity contribution >= 4 is 0 Å². The van der Waals surface area contributed by atoms with E-state index in [9.17, 15) is 0 Å². The zero-order valence-corrected chi connectivity index (χ0v) is 13.5. The third kappa shape index (κ3) is 2.41. The van der Waals surface area contributed by atoms with Gasteiger partial charge in [-0.3, -0.25) is 0 Å². The molecule has 0 aliphatic heterocycles. The Hall–Kier alpha value is -0.820. The molecule has 3 unspecified atom stereocenters. The first kappa shape index (κ1) is 14.1. The highest BCUT2D eigenvalue weighted by molar-refractivity contribution is 5.39. The van der Waals surface area contributed by atoms with E-state index in [1.807, 2.05) is 0 Å². The molecule has 2 aliphatic carbocycles. The van der Waals surface area contributed by atoms with Crippen molar-refractivity contribution in [1.29, 1.82) is 0 Å². The van der Waals surface area contributed by atoms with Crippen LogP contribution >= 0.6 is 0 Å². The van der Waals surface area contributed by atoms with Crippen molar-refractivity contribution in [2.45, 2.75) is 59.4 Å². The van der Waals surface area contributed by atoms with Crippen LogP contribution in [0, 0.1) is 38.5 Å². The SMILES string of the molecule is CCCNC(c1cc(C)c(C)cc1C)C1C2CCCC21. The molecule has 2 saturated carbocycles. The zero-order chi connectivity index (χ0) is 14.3. The van der Waals surface area contributed by atoms with Crippen molar-refractivity contribution in [3.05, 3.63) is 34.4 Å². The van der Waals surface area contributed by atoms with Crippen LogP contribution in [0.4, 0.5) is 0 Å². The van der Waals surface area contributed by atoms with Crippen LogP contribution in [-0.2, 0) is 0 Å². The smallest absolute Gasteiger partial charge is 0.0356 e. The van der Waals surface area contributed by atoms with Crippen molar-refractivity contribution in [2.75, 3.05) is 6.54 Å². The second-order valence-corrected chi connectivity index (χ2v) is 7.06. The van der Waals surface area contributed by atoms with Gasteiger partial charge in [-0.2, -0.15) is 0 Å². The topological polar surface area (TPSA) is 12.0 Å². The first-order chi connectivity index (χ1) is 9.63. The van der Waals surface area contributed by atoms with Crippen LogP contribution in [0.25, 0.3) is 0 Å². The molecule has 2 aliphatic rings. The minimum absolute atomic E-state index is 0.601. The van der Waals surface area contributed by atoms with Gasteiger partial charge in [0.05, 0.1) is 0 Å². The van der Waals surface area contributed by atoms with Crippen LogP contribution in [0.2, 0.25) is 0 Å². The number of aryl methyl sites for hydroxylation is 3. The number of hydrogen-bond acceptors (Lipinski definition) is 1. The van der Waals surface area contributed by atoms with Crippen LogP contribution in [0.1, 0.15) is 60.9 Å². The number of nitrogens with one attached hydrogen (secondary N) is 1. The van der Waals surface area contributed by atoms with Crippen LogP contribution in [-0.4, -0.2) is 6.54 Å². The first-order valence-corrected chi connectivity index (χ1v) is 8.44. The molecule has 1 nitrogen and oxygen atoms in total. The average Bonchev–Trinajstić information content (AvgIpc) is 2.88. The Balaban J connectivity index is 1.87. The minimum atomic E-state index is 0.601. The molecule has 0 radical (unpaired) electrons. The van der Waals surface area contributed by atoms with Gasteiger partial charge in [0.1, 0.15) is 0 Å². The van der Waals surface area contributed by atoms with Crippen molar-refractivity contribution in [1.82, 2.24) is 5.32 Å². The van der Waals surface area contributed by atoms with E-state index in [1.165, 1.54) is 42.4 Å². The summed E-state index contributed by atoms with van der Waals surface area (Å²) in [5.41, 5.74) is 5.92. The molecule has 110 valence electrons. The van der Waals surface area contributed by atoms with Gasteiger partial charge in [-0.05, 0) is 86.6 Å². The lowest BCUT2D eigenvalue weighted by molar-refractivity contribution is 0.416. The molecule has 3 atom stereocenters. The Morgan fingerprint density at radius 1 is 1.05 bits per heavy atom. The van der Waals surface area contributed by atoms with Crippen LogP contribution < -0.4 is 5.32 Å². The summed E-state index contributed by atoms with van der Waals surface area (Å²) in [4.78, 5) is 0. The highest BCUT2D eigenvalue weighted by Gasteiger charge is 2.56. The number of fused-ring (bicyclic) bond motifs is 1. The van der Waals surface area contributed by atoms with E-state index in [0.717, 1.165) is 24.3 Å². The molecule has 0 aromatic heterocycles. The Kier molecular flexibility index (Phi) is 3.90. The molecule has 0 saturated heterocycles. The van der Waals surface area contributed by atoms with Gasteiger partial charge >= 0.3 is 0 Å². The molecule has 1 N–H and O–H groups in total. The summed E-state index contributed by atoms with van der Waals surface area (Å²) in [5, 5.41) is 3.86. The van der Waals surface area contributed by atoms with E-state index in [0.29, 0.717) is 6.04 Å². The van der Waals surface area contributed by atoms with Crippen molar-refractivity contribution in [2.24, 2.45) is 17.8 Å². The molecule has 1 aromatic carbocycles. The first-order valence-electron chi connectivity index (χ1n) is 8.44. The summed E-state index contributed by atoms with van der Waals surface area (Å²) in [5.74, 6) is 2.95. The van der Waals surface area contributed by atoms with Gasteiger partial charge in [0, 0.05) is 6.04 Å². The van der Waals surface area contributed by atoms with Gasteiger partial charge in [0.2, 0.25) is 0 Å². The number of hydrogen-bond donors (Lipinski definition) is 1. The van der Waals surface area contributed by atoms with Crippen molar-refractivity contribution in [3.63, 3.8) is 0 Å². The minimum Gasteiger partial charge on any atom is -0.310 e. The standard InChI is InChI=1S/C19H29N/c1-5-9-20-19(18-15-7-6-8-16(15)18)17-11-13(3)12(2)10-14(17)4/h10-11,15-16,18-20H,5-9H2,1-4H3. The molecule has 3 rings (SSSR count). The monoisotopic (exact) mass is 271 g/mol. The predicted molar refractivity (Wildman–Crippen MR) is 86.0 cm³/mol. The van der Waals surface area contributed by atoms with Gasteiger partial charge in [-0.25, -0.2) is 0 Å². The molecule has 0 bridgehead atoms. The average molecular weight is 271 g/mol. The molecule has 1 heteroatoms. The molecule has 20 heavy (non-hydrogen) atoms. The quantitative estimate of drug-likeness (QED) is 0.818. The summed E-state index contributed by atoms with van der Waals surface area (Å²) >= 11 is 0. The highest BCUT2D eigenvalue weighted by atomic mass is 14.9. The third-order valence-corrected chi connectivity index (χ3v) is 5.69. The molecule has 2 fully saturated rings. The lowest BCUT2D eigenvalue weighted by Crippen LogP contribution is -2.26. The van der Waals surface area contributed by atoms with Gasteiger partial charge < -0.3 is 5.32 Å². The molecule has 0 heterocycles. The lowest BCUT2D eigenvalue weighted by Gasteiger charge is -2.24. The van der Waals surface area contributed by atoms with Gasteiger partial charge in [-0.15, -0.1) is 0 Å². The zero-order valence-electron chi connectivity index (χ0n) is 13.5. The maximum absolute atomic E-state index is 3.86. The van der Waals surface area contributed by atoms with E-state index in [-0.39, 0.29) is 0 Å². The van der Waals surface area contributed by atoms with Gasteiger partial charge in [-0.1, -0.05) is 25.5 Å². The fourth-order valence-electron chi connectivity index (χ4n) is 4.44. The summed E-state index contributed by atoms with van der Waals surface area (Å²) in [6, 6.07) is 5.43. The summed E-state index contributed by atoms with van der Waals surface area (Å²) in [7, 11) is 0. The van der Waals surface area contributed by atoms with Gasteiger partial charge in [0.15, 0.2) is 0 Å². The largest absolute Gasteiger partial charge is 0.310 e. The second-order valence-electron chi connectivity index (χ2n) is 7.06. The summed E-state index contributed by atoms with van der Waals surface area (Å²) < 4.78 is 0. The van der Waals surface area contributed by atoms with E-state index in [1.54, 1.807) is 5.56 Å². The fourth-order valence-corrected chi connectivity index (χ4v) is 4.44. The van der Waals surface area contributed by atoms with E-state index >= 15 is 0 Å². The Labute approximate surface area is 124 Å². The maximum Gasteiger partial charge on any atom is 0.0356 e. The molecule has 0 amide bonds. The Bertz CT molecular complexity index is 481. The third-order valence-electron chi connectivity index (χ3n) is 5.69. The normalized spacial score (nSPS) is 29.3. The summed E-state index contributed by atoms with van der Waals surface area (Å²) in [6.45, 7) is 10.2. The molecule has 0 spiro atoms. The van der Waals surface area contributed by atoms with Crippen LogP contribution in [0.15, 0.2) is 12.1 Å². The maximum atomic E-state index is 3.86. The molecular weight excluding hydrogens is 242 g/mol. The van der Waals surface area contributed by atoms with Crippen LogP contribution in [0.3, 0.4) is 0 Å². The Morgan fingerprint density at radius 3 is 2.35 bits per heavy atom. The van der Waals surface area contributed by atoms with Crippen molar-refractivity contribution in [3.8, 4) is 0 Å². The van der Waals surface area contributed by atoms with Crippen molar-refractivity contribution < 1.29 is 0 Å². The lowest BCUT2D eigenvalue weighted by atomic mass is 9.90. The molecule has 1 aromatic rings. The summed E-state index contributed by atoms with van der Waals surface area (Å²) in [6.07, 6.45) is 5.65. The van der Waals surface area contributed by atoms with E-state index in [4.69, 9.17) is 0 Å². The molecular formula is C19H29N. The number of rotatable bonds is 5. The fraction of sp³-hybridized carbons (Fsp3) is 0.684. The highest BCUT2D eigenvalue weighted by Crippen LogP contribution is 2.62. The second kappa shape index (κ2) is 5.52. The number of benzene rings is 1. The Morgan fingerprint density at radius 2 is 1.70 bits per heavy atom. The van der Waals surface area contributed by atoms with E-state index < -0.39 is 0 Å².